The van der Waals surface area contributed by atoms with Gasteiger partial charge in [-0.2, -0.15) is 0 Å². The summed E-state index contributed by atoms with van der Waals surface area (Å²) in [5.41, 5.74) is 1.91. The van der Waals surface area contributed by atoms with Gasteiger partial charge in [-0.25, -0.2) is 4.79 Å². The molecule has 0 unspecified atom stereocenters. The topological polar surface area (TPSA) is 60.4 Å². The summed E-state index contributed by atoms with van der Waals surface area (Å²) in [6.45, 7) is 0. The van der Waals surface area contributed by atoms with Gasteiger partial charge in [0.05, 0.1) is 5.56 Å². The van der Waals surface area contributed by atoms with Crippen LogP contribution in [0.1, 0.15) is 37.4 Å². The van der Waals surface area contributed by atoms with Gasteiger partial charge in [0.2, 0.25) is 0 Å². The molecule has 4 heteroatoms. The second-order valence-corrected chi connectivity index (χ2v) is 6.05. The highest BCUT2D eigenvalue weighted by Gasteiger charge is 2.32. The fourth-order valence-electron chi connectivity index (χ4n) is 3.07. The van der Waals surface area contributed by atoms with Gasteiger partial charge < -0.3 is 4.74 Å². The van der Waals surface area contributed by atoms with Crippen LogP contribution in [0, 0.1) is 0 Å². The van der Waals surface area contributed by atoms with Crippen molar-refractivity contribution < 1.29 is 19.1 Å². The van der Waals surface area contributed by atoms with Crippen molar-refractivity contribution >= 4 is 23.6 Å². The molecule has 0 amide bonds. The molecule has 0 spiro atoms. The van der Waals surface area contributed by atoms with Crippen molar-refractivity contribution in [2.45, 2.75) is 0 Å². The predicted octanol–water partition coefficient (Wildman–Crippen LogP) is 4.08. The summed E-state index contributed by atoms with van der Waals surface area (Å²) in [4.78, 5) is 37.8. The largest absolute Gasteiger partial charge is 0.423 e. The lowest BCUT2D eigenvalue weighted by Crippen LogP contribution is -2.22. The number of hydrogen-bond acceptors (Lipinski definition) is 4. The molecule has 27 heavy (non-hydrogen) atoms. The van der Waals surface area contributed by atoms with Crippen LogP contribution in [-0.4, -0.2) is 17.5 Å². The normalized spacial score (nSPS) is 12.6. The van der Waals surface area contributed by atoms with Crippen molar-refractivity contribution in [1.82, 2.24) is 0 Å². The van der Waals surface area contributed by atoms with E-state index in [9.17, 15) is 14.4 Å². The van der Waals surface area contributed by atoms with E-state index in [1.165, 1.54) is 12.1 Å². The highest BCUT2D eigenvalue weighted by Crippen LogP contribution is 2.33. The van der Waals surface area contributed by atoms with Gasteiger partial charge in [0.15, 0.2) is 11.6 Å². The van der Waals surface area contributed by atoms with E-state index >= 15 is 0 Å². The highest BCUT2D eigenvalue weighted by molar-refractivity contribution is 6.29. The van der Waals surface area contributed by atoms with Gasteiger partial charge in [0.25, 0.3) is 0 Å². The van der Waals surface area contributed by atoms with Crippen LogP contribution in [0.4, 0.5) is 0 Å². The first-order valence-electron chi connectivity index (χ1n) is 8.41. The molecule has 0 radical (unpaired) electrons. The van der Waals surface area contributed by atoms with Crippen LogP contribution in [0.15, 0.2) is 78.9 Å². The fourth-order valence-corrected chi connectivity index (χ4v) is 3.07. The van der Waals surface area contributed by atoms with Crippen molar-refractivity contribution in [3.63, 3.8) is 0 Å². The number of hydrogen-bond donors (Lipinski definition) is 0. The van der Waals surface area contributed by atoms with E-state index in [1.54, 1.807) is 42.5 Å². The van der Waals surface area contributed by atoms with Gasteiger partial charge in [0.1, 0.15) is 5.75 Å². The first-order chi connectivity index (χ1) is 13.1. The van der Waals surface area contributed by atoms with Crippen molar-refractivity contribution in [3.05, 3.63) is 107 Å². The van der Waals surface area contributed by atoms with E-state index in [0.29, 0.717) is 11.1 Å². The Morgan fingerprint density at radius 3 is 2.07 bits per heavy atom. The summed E-state index contributed by atoms with van der Waals surface area (Å²) in [5, 5.41) is 0. The van der Waals surface area contributed by atoms with Gasteiger partial charge in [-0.3, -0.25) is 9.59 Å². The molecular weight excluding hydrogens is 340 g/mol. The lowest BCUT2D eigenvalue weighted by molar-refractivity contribution is -0.128. The SMILES string of the molecule is O=C(/C=C\c1ccccc1)Oc1cccc2c1C(=O)c1ccccc1C2=O. The molecule has 4 rings (SSSR count). The van der Waals surface area contributed by atoms with Crippen LogP contribution in [0.5, 0.6) is 5.75 Å². The summed E-state index contributed by atoms with van der Waals surface area (Å²) in [6.07, 6.45) is 2.91. The monoisotopic (exact) mass is 354 g/mol. The Labute approximate surface area is 155 Å². The number of carbonyl (C=O) groups excluding carboxylic acids is 3. The third-order valence-corrected chi connectivity index (χ3v) is 4.34. The number of esters is 1. The summed E-state index contributed by atoms with van der Waals surface area (Å²) in [5.74, 6) is -1.11. The lowest BCUT2D eigenvalue weighted by atomic mass is 9.83. The molecule has 1 aliphatic carbocycles. The molecule has 0 aromatic heterocycles. The molecule has 0 bridgehead atoms. The molecule has 3 aromatic carbocycles. The maximum atomic E-state index is 12.9. The van der Waals surface area contributed by atoms with E-state index in [4.69, 9.17) is 4.74 Å². The highest BCUT2D eigenvalue weighted by atomic mass is 16.5. The Morgan fingerprint density at radius 1 is 0.704 bits per heavy atom. The molecule has 0 saturated heterocycles. The van der Waals surface area contributed by atoms with Gasteiger partial charge in [-0.1, -0.05) is 66.7 Å². The van der Waals surface area contributed by atoms with Gasteiger partial charge >= 0.3 is 5.97 Å². The Kier molecular flexibility index (Phi) is 4.22. The number of fused-ring (bicyclic) bond motifs is 2. The zero-order valence-electron chi connectivity index (χ0n) is 14.2. The standard InChI is InChI=1S/C23H14O4/c24-20(14-13-15-7-2-1-3-8-15)27-19-12-6-11-18-21(19)23(26)17-10-5-4-9-16(17)22(18)25/h1-14H/b14-13-. The minimum absolute atomic E-state index is 0.0862. The Hall–Kier alpha value is -3.79. The maximum Gasteiger partial charge on any atom is 0.336 e. The number of benzene rings is 3. The fraction of sp³-hybridized carbons (Fsp3) is 0. The van der Waals surface area contributed by atoms with E-state index in [1.807, 2.05) is 30.3 Å². The number of ether oxygens (including phenoxy) is 1. The number of rotatable bonds is 3. The van der Waals surface area contributed by atoms with Gasteiger partial charge in [-0.15, -0.1) is 0 Å². The minimum Gasteiger partial charge on any atom is -0.423 e. The summed E-state index contributed by atoms with van der Waals surface area (Å²) >= 11 is 0. The third-order valence-electron chi connectivity index (χ3n) is 4.34. The van der Waals surface area contributed by atoms with Crippen molar-refractivity contribution in [2.24, 2.45) is 0 Å². The molecular formula is C23H14O4. The van der Waals surface area contributed by atoms with E-state index in [0.717, 1.165) is 5.56 Å². The third kappa shape index (κ3) is 3.09. The van der Waals surface area contributed by atoms with Crippen LogP contribution in [0.2, 0.25) is 0 Å². The minimum atomic E-state index is -0.619. The molecule has 1 aliphatic rings. The van der Waals surface area contributed by atoms with E-state index < -0.39 is 5.97 Å². The van der Waals surface area contributed by atoms with Crippen LogP contribution in [0.3, 0.4) is 0 Å². The molecule has 4 nitrogen and oxygen atoms in total. The van der Waals surface area contributed by atoms with Crippen LogP contribution in [0.25, 0.3) is 6.08 Å². The molecule has 0 fully saturated rings. The van der Waals surface area contributed by atoms with Gasteiger partial charge in [0, 0.05) is 22.8 Å². The summed E-state index contributed by atoms with van der Waals surface area (Å²) in [7, 11) is 0. The second kappa shape index (κ2) is 6.84. The van der Waals surface area contributed by atoms with E-state index in [2.05, 4.69) is 0 Å². The van der Waals surface area contributed by atoms with Crippen molar-refractivity contribution in [1.29, 1.82) is 0 Å². The predicted molar refractivity (Wildman–Crippen MR) is 101 cm³/mol. The lowest BCUT2D eigenvalue weighted by Gasteiger charge is -2.19. The molecule has 0 heterocycles. The first-order valence-corrected chi connectivity index (χ1v) is 8.41. The smallest absolute Gasteiger partial charge is 0.336 e. The Balaban J connectivity index is 1.66. The molecule has 0 saturated carbocycles. The van der Waals surface area contributed by atoms with Crippen LogP contribution >= 0.6 is 0 Å². The second-order valence-electron chi connectivity index (χ2n) is 6.05. The first kappa shape index (κ1) is 16.7. The Morgan fingerprint density at radius 2 is 1.33 bits per heavy atom. The number of carbonyl (C=O) groups is 3. The van der Waals surface area contributed by atoms with Crippen LogP contribution in [-0.2, 0) is 4.79 Å². The molecule has 0 N–H and O–H groups in total. The molecule has 0 aliphatic heterocycles. The van der Waals surface area contributed by atoms with Crippen LogP contribution < -0.4 is 4.74 Å². The summed E-state index contributed by atoms with van der Waals surface area (Å²) < 4.78 is 5.37. The number of ketones is 2. The molecule has 130 valence electrons. The van der Waals surface area contributed by atoms with Crippen molar-refractivity contribution in [2.75, 3.05) is 0 Å². The average molecular weight is 354 g/mol. The molecule has 3 aromatic rings. The maximum absolute atomic E-state index is 12.9. The average Bonchev–Trinajstić information content (AvgIpc) is 2.71. The zero-order valence-corrected chi connectivity index (χ0v) is 14.2. The Bertz CT molecular complexity index is 1090. The van der Waals surface area contributed by atoms with Gasteiger partial charge in [-0.05, 0) is 17.7 Å². The summed E-state index contributed by atoms with van der Waals surface area (Å²) in [6, 6.07) is 20.6. The van der Waals surface area contributed by atoms with Crippen molar-refractivity contribution in [3.8, 4) is 5.75 Å². The quantitative estimate of drug-likeness (QED) is 0.316. The van der Waals surface area contributed by atoms with E-state index in [-0.39, 0.29) is 28.4 Å². The zero-order chi connectivity index (χ0) is 18.8. The molecule has 0 atom stereocenters.